The first-order chi connectivity index (χ1) is 16.3. The summed E-state index contributed by atoms with van der Waals surface area (Å²) in [7, 11) is 1.62. The van der Waals surface area contributed by atoms with Gasteiger partial charge in [-0.2, -0.15) is 0 Å². The van der Waals surface area contributed by atoms with Crippen LogP contribution in [0.1, 0.15) is 30.7 Å². The third kappa shape index (κ3) is 3.55. The number of amides is 1. The van der Waals surface area contributed by atoms with Gasteiger partial charge in [0.1, 0.15) is 11.6 Å². The van der Waals surface area contributed by atoms with E-state index in [2.05, 4.69) is 9.98 Å². The van der Waals surface area contributed by atoms with Crippen LogP contribution < -0.4 is 4.74 Å². The second kappa shape index (κ2) is 8.13. The zero-order valence-electron chi connectivity index (χ0n) is 19.4. The number of morpholine rings is 1. The molecular weight excluding hydrogens is 435 g/mol. The summed E-state index contributed by atoms with van der Waals surface area (Å²) in [6.07, 6.45) is 4.84. The molecule has 2 unspecified atom stereocenters. The van der Waals surface area contributed by atoms with Crippen molar-refractivity contribution in [1.82, 2.24) is 14.5 Å². The Labute approximate surface area is 197 Å². The monoisotopic (exact) mass is 460 g/mol. The van der Waals surface area contributed by atoms with Gasteiger partial charge in [-0.3, -0.25) is 14.7 Å². The molecule has 2 atom stereocenters. The van der Waals surface area contributed by atoms with Crippen LogP contribution in [-0.2, 0) is 15.1 Å². The van der Waals surface area contributed by atoms with Crippen LogP contribution in [-0.4, -0.2) is 46.0 Å². The minimum atomic E-state index is -0.724. The third-order valence-electron chi connectivity index (χ3n) is 6.29. The molecule has 0 radical (unpaired) electrons. The number of fused-ring (bicyclic) bond motifs is 1. The van der Waals surface area contributed by atoms with Crippen LogP contribution in [0, 0.1) is 12.7 Å². The fourth-order valence-corrected chi connectivity index (χ4v) is 4.44. The van der Waals surface area contributed by atoms with Crippen molar-refractivity contribution in [2.75, 3.05) is 13.7 Å². The average Bonchev–Trinajstić information content (AvgIpc) is 3.42. The SMILES string of the molecule is COc1cc(C=C2OC(C)C(=O)N3C2=NCC3(C)c2ccc(F)cc2)ccc1-n1cnc(C)c1. The van der Waals surface area contributed by atoms with Gasteiger partial charge in [0, 0.05) is 6.20 Å². The summed E-state index contributed by atoms with van der Waals surface area (Å²) in [5, 5.41) is 0. The fraction of sp³-hybridized carbons (Fsp3) is 0.269. The lowest BCUT2D eigenvalue weighted by atomic mass is 9.90. The van der Waals surface area contributed by atoms with E-state index in [1.54, 1.807) is 37.4 Å². The minimum Gasteiger partial charge on any atom is -0.495 e. The molecule has 0 bridgehead atoms. The first-order valence-electron chi connectivity index (χ1n) is 11.0. The van der Waals surface area contributed by atoms with Crippen LogP contribution >= 0.6 is 0 Å². The van der Waals surface area contributed by atoms with E-state index in [4.69, 9.17) is 9.47 Å². The van der Waals surface area contributed by atoms with Crippen LogP contribution in [0.5, 0.6) is 5.75 Å². The van der Waals surface area contributed by atoms with Crippen molar-refractivity contribution in [1.29, 1.82) is 0 Å². The maximum atomic E-state index is 13.5. The molecular formula is C26H25FN4O3. The summed E-state index contributed by atoms with van der Waals surface area (Å²) in [6.45, 7) is 5.95. The zero-order chi connectivity index (χ0) is 24.0. The van der Waals surface area contributed by atoms with Crippen LogP contribution in [0.25, 0.3) is 11.8 Å². The highest BCUT2D eigenvalue weighted by Gasteiger charge is 2.50. The number of rotatable bonds is 4. The largest absolute Gasteiger partial charge is 0.495 e. The van der Waals surface area contributed by atoms with Gasteiger partial charge < -0.3 is 14.0 Å². The molecule has 1 saturated heterocycles. The molecule has 1 aromatic heterocycles. The number of aromatic nitrogens is 2. The first kappa shape index (κ1) is 21.9. The molecule has 3 heterocycles. The summed E-state index contributed by atoms with van der Waals surface area (Å²) in [5.74, 6) is 1.16. The van der Waals surface area contributed by atoms with Gasteiger partial charge in [-0.1, -0.05) is 18.2 Å². The molecule has 174 valence electrons. The number of hydrogen-bond acceptors (Lipinski definition) is 5. The molecule has 8 heteroatoms. The lowest BCUT2D eigenvalue weighted by molar-refractivity contribution is -0.142. The van der Waals surface area contributed by atoms with Crippen molar-refractivity contribution in [3.05, 3.63) is 83.4 Å². The number of carbonyl (C=O) groups excluding carboxylic acids is 1. The van der Waals surface area contributed by atoms with E-state index in [1.165, 1.54) is 12.1 Å². The quantitative estimate of drug-likeness (QED) is 0.584. The molecule has 2 aliphatic rings. The van der Waals surface area contributed by atoms with E-state index in [1.807, 2.05) is 48.9 Å². The number of carbonyl (C=O) groups is 1. The number of imidazole rings is 1. The molecule has 0 spiro atoms. The van der Waals surface area contributed by atoms with Crippen molar-refractivity contribution < 1.29 is 18.7 Å². The highest BCUT2D eigenvalue weighted by atomic mass is 19.1. The predicted molar refractivity (Wildman–Crippen MR) is 126 cm³/mol. The fourth-order valence-electron chi connectivity index (χ4n) is 4.44. The highest BCUT2D eigenvalue weighted by Crippen LogP contribution is 2.39. The number of nitrogens with zero attached hydrogens (tertiary/aromatic N) is 4. The normalized spacial score (nSPS) is 23.0. The van der Waals surface area contributed by atoms with Crippen molar-refractivity contribution in [3.63, 3.8) is 0 Å². The van der Waals surface area contributed by atoms with Crippen molar-refractivity contribution >= 4 is 17.8 Å². The summed E-state index contributed by atoms with van der Waals surface area (Å²) in [4.78, 5) is 23.8. The van der Waals surface area contributed by atoms with E-state index in [0.29, 0.717) is 23.9 Å². The Kier molecular flexibility index (Phi) is 5.23. The predicted octanol–water partition coefficient (Wildman–Crippen LogP) is 4.24. The van der Waals surface area contributed by atoms with Gasteiger partial charge in [-0.25, -0.2) is 9.37 Å². The van der Waals surface area contributed by atoms with E-state index >= 15 is 0 Å². The molecule has 0 saturated carbocycles. The molecule has 0 aliphatic carbocycles. The summed E-state index contributed by atoms with van der Waals surface area (Å²) in [6, 6.07) is 12.0. The maximum Gasteiger partial charge on any atom is 0.269 e. The van der Waals surface area contributed by atoms with Crippen molar-refractivity contribution in [3.8, 4) is 11.4 Å². The Bertz CT molecular complexity index is 1330. The average molecular weight is 461 g/mol. The molecule has 2 aromatic carbocycles. The molecule has 1 fully saturated rings. The molecule has 3 aromatic rings. The Morgan fingerprint density at radius 3 is 2.68 bits per heavy atom. The van der Waals surface area contributed by atoms with Gasteiger partial charge in [0.2, 0.25) is 0 Å². The Morgan fingerprint density at radius 2 is 2.00 bits per heavy atom. The molecule has 0 N–H and O–H groups in total. The van der Waals surface area contributed by atoms with Gasteiger partial charge in [0.05, 0.1) is 36.9 Å². The number of benzene rings is 2. The van der Waals surface area contributed by atoms with Gasteiger partial charge in [-0.15, -0.1) is 0 Å². The van der Waals surface area contributed by atoms with Crippen LogP contribution in [0.3, 0.4) is 0 Å². The standard InChI is InChI=1S/C26H25FN4O3/c1-16-13-30(15-29-16)21-10-5-18(11-22(21)33-4)12-23-24-28-14-26(3,19-6-8-20(27)9-7-19)31(24)25(32)17(2)34-23/h5-13,15,17H,14H2,1-4H3. The third-order valence-corrected chi connectivity index (χ3v) is 6.29. The summed E-state index contributed by atoms with van der Waals surface area (Å²) in [5.41, 5.74) is 2.70. The van der Waals surface area contributed by atoms with Crippen molar-refractivity contribution in [2.24, 2.45) is 4.99 Å². The van der Waals surface area contributed by atoms with Gasteiger partial charge >= 0.3 is 0 Å². The first-order valence-corrected chi connectivity index (χ1v) is 11.0. The second-order valence-corrected chi connectivity index (χ2v) is 8.72. The number of aliphatic imine (C=N–C) groups is 1. The highest BCUT2D eigenvalue weighted by molar-refractivity contribution is 6.13. The number of aryl methyl sites for hydroxylation is 1. The lowest BCUT2D eigenvalue weighted by Crippen LogP contribution is -2.55. The summed E-state index contributed by atoms with van der Waals surface area (Å²) < 4.78 is 27.0. The van der Waals surface area contributed by atoms with E-state index in [-0.39, 0.29) is 11.7 Å². The topological polar surface area (TPSA) is 69.0 Å². The number of halogens is 1. The van der Waals surface area contributed by atoms with Crippen LogP contribution in [0.2, 0.25) is 0 Å². The van der Waals surface area contributed by atoms with Gasteiger partial charge in [-0.05, 0) is 62.2 Å². The van der Waals surface area contributed by atoms with Crippen LogP contribution in [0.15, 0.2) is 65.7 Å². The van der Waals surface area contributed by atoms with Crippen molar-refractivity contribution in [2.45, 2.75) is 32.4 Å². The molecule has 34 heavy (non-hydrogen) atoms. The zero-order valence-corrected chi connectivity index (χ0v) is 19.4. The Hall–Kier alpha value is -3.94. The maximum absolute atomic E-state index is 13.5. The number of ether oxygens (including phenoxy) is 2. The summed E-state index contributed by atoms with van der Waals surface area (Å²) >= 11 is 0. The number of amidine groups is 1. The molecule has 1 amide bonds. The molecule has 2 aliphatic heterocycles. The Morgan fingerprint density at radius 1 is 1.24 bits per heavy atom. The lowest BCUT2D eigenvalue weighted by Gasteiger charge is -2.40. The molecule has 7 nitrogen and oxygen atoms in total. The minimum absolute atomic E-state index is 0.177. The van der Waals surface area contributed by atoms with Crippen LogP contribution in [0.4, 0.5) is 4.39 Å². The number of hydrogen-bond donors (Lipinski definition) is 0. The van der Waals surface area contributed by atoms with Gasteiger partial charge in [0.25, 0.3) is 5.91 Å². The van der Waals surface area contributed by atoms with Gasteiger partial charge in [0.15, 0.2) is 17.7 Å². The van der Waals surface area contributed by atoms with E-state index in [0.717, 1.165) is 22.5 Å². The molecule has 5 rings (SSSR count). The number of methoxy groups -OCH3 is 1. The second-order valence-electron chi connectivity index (χ2n) is 8.72. The smallest absolute Gasteiger partial charge is 0.269 e. The van der Waals surface area contributed by atoms with E-state index in [9.17, 15) is 9.18 Å². The Balaban J connectivity index is 1.52. The van der Waals surface area contributed by atoms with E-state index < -0.39 is 11.6 Å².